The molecule has 1 saturated heterocycles. The number of alkyl halides is 1. The van der Waals surface area contributed by atoms with E-state index < -0.39 is 0 Å². The summed E-state index contributed by atoms with van der Waals surface area (Å²) in [7, 11) is 0. The van der Waals surface area contributed by atoms with Crippen molar-refractivity contribution >= 4 is 17.7 Å². The lowest BCUT2D eigenvalue weighted by atomic mass is 9.98. The first-order valence-corrected chi connectivity index (χ1v) is 4.97. The van der Waals surface area contributed by atoms with Gasteiger partial charge in [0.15, 0.2) is 0 Å². The second kappa shape index (κ2) is 3.58. The number of hydrogen-bond donors (Lipinski definition) is 1. The van der Waals surface area contributed by atoms with Crippen molar-refractivity contribution in [1.29, 1.82) is 0 Å². The molecule has 1 aliphatic carbocycles. The molecule has 1 aliphatic heterocycles. The standard InChI is InChI=1S/C9H12ClNO2/c10-6-4-2-1-3-5-7-8(6)11-9(12)13-7/h1,3,6-8H,2,4-5H2,(H,11,12)/b3-1-/t6-,7-,8+/m0/s1. The van der Waals surface area contributed by atoms with Crippen LogP contribution in [0.3, 0.4) is 0 Å². The number of alkyl carbamates (subject to hydrolysis) is 1. The predicted octanol–water partition coefficient (Wildman–Crippen LogP) is 1.81. The fraction of sp³-hybridized carbons (Fsp3) is 0.667. The van der Waals surface area contributed by atoms with E-state index in [1.807, 2.05) is 0 Å². The van der Waals surface area contributed by atoms with Gasteiger partial charge in [-0.1, -0.05) is 12.2 Å². The molecular weight excluding hydrogens is 190 g/mol. The van der Waals surface area contributed by atoms with Gasteiger partial charge in [0.05, 0.1) is 11.4 Å². The van der Waals surface area contributed by atoms with Crippen LogP contribution in [0.4, 0.5) is 4.79 Å². The fourth-order valence-electron chi connectivity index (χ4n) is 1.78. The fourth-order valence-corrected chi connectivity index (χ4v) is 2.13. The van der Waals surface area contributed by atoms with Crippen molar-refractivity contribution in [3.05, 3.63) is 12.2 Å². The van der Waals surface area contributed by atoms with Crippen LogP contribution < -0.4 is 5.32 Å². The van der Waals surface area contributed by atoms with Crippen LogP contribution in [-0.2, 0) is 4.74 Å². The summed E-state index contributed by atoms with van der Waals surface area (Å²) in [6.07, 6.45) is 6.38. The molecule has 0 aromatic rings. The molecule has 1 fully saturated rings. The highest BCUT2D eigenvalue weighted by Crippen LogP contribution is 2.24. The summed E-state index contributed by atoms with van der Waals surface area (Å²) in [6, 6.07) is -0.0147. The number of hydrogen-bond acceptors (Lipinski definition) is 2. The smallest absolute Gasteiger partial charge is 0.407 e. The maximum Gasteiger partial charge on any atom is 0.407 e. The number of halogens is 1. The summed E-state index contributed by atoms with van der Waals surface area (Å²) < 4.78 is 5.09. The van der Waals surface area contributed by atoms with Crippen LogP contribution >= 0.6 is 11.6 Å². The number of carbonyl (C=O) groups excluding carboxylic acids is 1. The molecule has 4 heteroatoms. The molecule has 3 nitrogen and oxygen atoms in total. The molecule has 0 aromatic carbocycles. The van der Waals surface area contributed by atoms with Gasteiger partial charge in [-0.25, -0.2) is 4.79 Å². The highest BCUT2D eigenvalue weighted by Gasteiger charge is 2.38. The van der Waals surface area contributed by atoms with Gasteiger partial charge in [0.2, 0.25) is 0 Å². The lowest BCUT2D eigenvalue weighted by Gasteiger charge is -2.21. The number of nitrogens with one attached hydrogen (secondary N) is 1. The van der Waals surface area contributed by atoms with E-state index in [4.69, 9.17) is 16.3 Å². The van der Waals surface area contributed by atoms with Gasteiger partial charge in [0.1, 0.15) is 6.10 Å². The summed E-state index contributed by atoms with van der Waals surface area (Å²) in [5.74, 6) is 0. The lowest BCUT2D eigenvalue weighted by molar-refractivity contribution is 0.131. The second-order valence-corrected chi connectivity index (χ2v) is 3.97. The van der Waals surface area contributed by atoms with E-state index >= 15 is 0 Å². The van der Waals surface area contributed by atoms with E-state index in [1.54, 1.807) is 0 Å². The van der Waals surface area contributed by atoms with Crippen molar-refractivity contribution in [2.75, 3.05) is 0 Å². The first-order valence-electron chi connectivity index (χ1n) is 4.53. The third kappa shape index (κ3) is 1.80. The van der Waals surface area contributed by atoms with E-state index in [0.717, 1.165) is 19.3 Å². The van der Waals surface area contributed by atoms with Gasteiger partial charge < -0.3 is 10.1 Å². The Morgan fingerprint density at radius 3 is 3.23 bits per heavy atom. The Labute approximate surface area is 82.1 Å². The van der Waals surface area contributed by atoms with Crippen LogP contribution in [-0.4, -0.2) is 23.6 Å². The SMILES string of the molecule is O=C1N[C@H]2[C@H](C/C=C\CC[C@@H]2Cl)O1. The largest absolute Gasteiger partial charge is 0.444 e. The van der Waals surface area contributed by atoms with E-state index in [0.29, 0.717) is 0 Å². The molecule has 1 N–H and O–H groups in total. The highest BCUT2D eigenvalue weighted by atomic mass is 35.5. The monoisotopic (exact) mass is 201 g/mol. The van der Waals surface area contributed by atoms with E-state index in [9.17, 15) is 4.79 Å². The average Bonchev–Trinajstić information content (AvgIpc) is 2.43. The first-order chi connectivity index (χ1) is 6.27. The van der Waals surface area contributed by atoms with Gasteiger partial charge in [-0.2, -0.15) is 0 Å². The van der Waals surface area contributed by atoms with Gasteiger partial charge in [0, 0.05) is 6.42 Å². The zero-order chi connectivity index (χ0) is 9.26. The van der Waals surface area contributed by atoms with Crippen molar-refractivity contribution in [3.63, 3.8) is 0 Å². The Morgan fingerprint density at radius 2 is 2.38 bits per heavy atom. The maximum atomic E-state index is 11.0. The van der Waals surface area contributed by atoms with Gasteiger partial charge in [-0.15, -0.1) is 11.6 Å². The van der Waals surface area contributed by atoms with Crippen molar-refractivity contribution in [1.82, 2.24) is 5.32 Å². The average molecular weight is 202 g/mol. The number of carbonyl (C=O) groups is 1. The second-order valence-electron chi connectivity index (χ2n) is 3.41. The molecule has 72 valence electrons. The molecule has 0 spiro atoms. The Morgan fingerprint density at radius 1 is 1.54 bits per heavy atom. The van der Waals surface area contributed by atoms with E-state index in [2.05, 4.69) is 17.5 Å². The number of fused-ring (bicyclic) bond motifs is 1. The van der Waals surface area contributed by atoms with Crippen LogP contribution in [0.1, 0.15) is 19.3 Å². The van der Waals surface area contributed by atoms with Gasteiger partial charge in [-0.05, 0) is 12.8 Å². The molecule has 0 unspecified atom stereocenters. The minimum Gasteiger partial charge on any atom is -0.444 e. The summed E-state index contributed by atoms with van der Waals surface area (Å²) >= 11 is 6.13. The summed E-state index contributed by atoms with van der Waals surface area (Å²) in [5, 5.41) is 2.73. The van der Waals surface area contributed by atoms with Gasteiger partial charge in [0.25, 0.3) is 0 Å². The van der Waals surface area contributed by atoms with E-state index in [1.165, 1.54) is 0 Å². The normalized spacial score (nSPS) is 41.0. The number of ether oxygens (including phenoxy) is 1. The molecule has 13 heavy (non-hydrogen) atoms. The molecule has 2 rings (SSSR count). The van der Waals surface area contributed by atoms with Crippen LogP contribution in [0.2, 0.25) is 0 Å². The number of rotatable bonds is 0. The van der Waals surface area contributed by atoms with Crippen molar-refractivity contribution < 1.29 is 9.53 Å². The molecule has 0 saturated carbocycles. The summed E-state index contributed by atoms with van der Waals surface area (Å²) in [4.78, 5) is 11.0. The molecule has 0 aromatic heterocycles. The topological polar surface area (TPSA) is 38.3 Å². The van der Waals surface area contributed by atoms with Crippen LogP contribution in [0, 0.1) is 0 Å². The quantitative estimate of drug-likeness (QED) is 0.480. The van der Waals surface area contributed by atoms with Gasteiger partial charge in [-0.3, -0.25) is 0 Å². The van der Waals surface area contributed by atoms with E-state index in [-0.39, 0.29) is 23.6 Å². The first kappa shape index (κ1) is 8.88. The zero-order valence-corrected chi connectivity index (χ0v) is 7.96. The molecule has 0 bridgehead atoms. The Bertz CT molecular complexity index is 242. The summed E-state index contributed by atoms with van der Waals surface area (Å²) in [6.45, 7) is 0. The van der Waals surface area contributed by atoms with Crippen molar-refractivity contribution in [3.8, 4) is 0 Å². The van der Waals surface area contributed by atoms with Crippen LogP contribution in [0.25, 0.3) is 0 Å². The van der Waals surface area contributed by atoms with Crippen molar-refractivity contribution in [2.45, 2.75) is 36.8 Å². The molecule has 3 atom stereocenters. The molecular formula is C9H12ClNO2. The highest BCUT2D eigenvalue weighted by molar-refractivity contribution is 6.21. The molecule has 2 aliphatic rings. The van der Waals surface area contributed by atoms with Crippen LogP contribution in [0.5, 0.6) is 0 Å². The van der Waals surface area contributed by atoms with Gasteiger partial charge >= 0.3 is 6.09 Å². The molecule has 0 radical (unpaired) electrons. The van der Waals surface area contributed by atoms with Crippen molar-refractivity contribution in [2.24, 2.45) is 0 Å². The summed E-state index contributed by atoms with van der Waals surface area (Å²) in [5.41, 5.74) is 0. The minimum atomic E-state index is -0.337. The Kier molecular flexibility index (Phi) is 2.44. The Hall–Kier alpha value is -0.700. The lowest BCUT2D eigenvalue weighted by Crippen LogP contribution is -2.40. The molecule has 1 amide bonds. The number of allylic oxidation sites excluding steroid dienone is 1. The third-order valence-corrected chi connectivity index (χ3v) is 2.97. The maximum absolute atomic E-state index is 11.0. The molecule has 1 heterocycles. The minimum absolute atomic E-state index is 0.0126. The number of amides is 1. The zero-order valence-electron chi connectivity index (χ0n) is 7.20. The third-order valence-electron chi connectivity index (χ3n) is 2.48. The van der Waals surface area contributed by atoms with Crippen LogP contribution in [0.15, 0.2) is 12.2 Å². The predicted molar refractivity (Wildman–Crippen MR) is 49.8 cm³/mol. The Balaban J connectivity index is 2.12.